The lowest BCUT2D eigenvalue weighted by atomic mass is 9.98. The van der Waals surface area contributed by atoms with Crippen molar-refractivity contribution in [2.75, 3.05) is 0 Å². The number of aliphatic hydroxyl groups excluding tert-OH is 1. The van der Waals surface area contributed by atoms with Crippen LogP contribution in [0.1, 0.15) is 39.0 Å². The van der Waals surface area contributed by atoms with Gasteiger partial charge in [0.25, 0.3) is 0 Å². The molecule has 2 N–H and O–H groups in total. The first-order valence-corrected chi connectivity index (χ1v) is 5.18. The summed E-state index contributed by atoms with van der Waals surface area (Å²) < 4.78 is 5.52. The first-order valence-electron chi connectivity index (χ1n) is 5.18. The Kier molecular flexibility index (Phi) is 4.35. The predicted octanol–water partition coefficient (Wildman–Crippen LogP) is 1.17. The Bertz CT molecular complexity index is 193. The number of hydrogen-bond donors (Lipinski definition) is 2. The van der Waals surface area contributed by atoms with E-state index in [2.05, 4.69) is 0 Å². The minimum absolute atomic E-state index is 0.0485. The molecule has 0 aromatic heterocycles. The van der Waals surface area contributed by atoms with E-state index >= 15 is 0 Å². The average molecular weight is 202 g/mol. The third kappa shape index (κ3) is 3.27. The minimum Gasteiger partial charge on any atom is -0.481 e. The van der Waals surface area contributed by atoms with Crippen LogP contribution in [0.2, 0.25) is 0 Å². The van der Waals surface area contributed by atoms with Gasteiger partial charge in [-0.3, -0.25) is 4.79 Å². The van der Waals surface area contributed by atoms with Gasteiger partial charge in [0.2, 0.25) is 0 Å². The van der Waals surface area contributed by atoms with Crippen LogP contribution < -0.4 is 0 Å². The molecule has 1 heterocycles. The molecule has 0 amide bonds. The summed E-state index contributed by atoms with van der Waals surface area (Å²) in [5, 5.41) is 18.2. The predicted molar refractivity (Wildman–Crippen MR) is 51.1 cm³/mol. The maximum atomic E-state index is 10.5. The van der Waals surface area contributed by atoms with E-state index in [1.165, 1.54) is 0 Å². The first-order chi connectivity index (χ1) is 6.63. The Morgan fingerprint density at radius 3 is 2.86 bits per heavy atom. The van der Waals surface area contributed by atoms with Gasteiger partial charge in [0, 0.05) is 0 Å². The van der Waals surface area contributed by atoms with Gasteiger partial charge in [0.05, 0.1) is 24.7 Å². The van der Waals surface area contributed by atoms with Gasteiger partial charge in [0.15, 0.2) is 0 Å². The molecule has 0 radical (unpaired) electrons. The number of aliphatic carboxylic acids is 1. The maximum absolute atomic E-state index is 10.5. The molecule has 1 aliphatic heterocycles. The van der Waals surface area contributed by atoms with E-state index in [0.29, 0.717) is 6.42 Å². The van der Waals surface area contributed by atoms with Crippen LogP contribution >= 0.6 is 0 Å². The fourth-order valence-electron chi connectivity index (χ4n) is 1.82. The quantitative estimate of drug-likeness (QED) is 0.718. The fourth-order valence-corrected chi connectivity index (χ4v) is 1.82. The summed E-state index contributed by atoms with van der Waals surface area (Å²) in [7, 11) is 0. The summed E-state index contributed by atoms with van der Waals surface area (Å²) in [6.45, 7) is 1.90. The summed E-state index contributed by atoms with van der Waals surface area (Å²) >= 11 is 0. The number of ether oxygens (including phenoxy) is 1. The van der Waals surface area contributed by atoms with Gasteiger partial charge in [-0.25, -0.2) is 0 Å². The zero-order chi connectivity index (χ0) is 10.6. The van der Waals surface area contributed by atoms with Crippen molar-refractivity contribution in [1.29, 1.82) is 0 Å². The molecule has 0 aromatic rings. The highest BCUT2D eigenvalue weighted by atomic mass is 16.5. The molecule has 14 heavy (non-hydrogen) atoms. The Morgan fingerprint density at radius 1 is 1.57 bits per heavy atom. The van der Waals surface area contributed by atoms with Crippen LogP contribution in [0.3, 0.4) is 0 Å². The van der Waals surface area contributed by atoms with E-state index in [1.54, 1.807) is 0 Å². The standard InChI is InChI=1S/C10H18O4/c1-2-8(11)9-5-3-4-7(14-9)6-10(12)13/h7-9,11H,2-6H2,1H3,(H,12,13). The van der Waals surface area contributed by atoms with Crippen LogP contribution in [0, 0.1) is 0 Å². The fraction of sp³-hybridized carbons (Fsp3) is 0.900. The van der Waals surface area contributed by atoms with Crippen LogP contribution in [0.4, 0.5) is 0 Å². The van der Waals surface area contributed by atoms with Crippen molar-refractivity contribution in [2.24, 2.45) is 0 Å². The van der Waals surface area contributed by atoms with Crippen molar-refractivity contribution in [3.8, 4) is 0 Å². The molecule has 0 saturated carbocycles. The molecule has 0 aliphatic carbocycles. The zero-order valence-electron chi connectivity index (χ0n) is 8.48. The highest BCUT2D eigenvalue weighted by Gasteiger charge is 2.28. The normalized spacial score (nSPS) is 29.9. The topological polar surface area (TPSA) is 66.8 Å². The molecular formula is C10H18O4. The van der Waals surface area contributed by atoms with Crippen LogP contribution in [-0.4, -0.2) is 34.5 Å². The van der Waals surface area contributed by atoms with E-state index in [-0.39, 0.29) is 18.6 Å². The van der Waals surface area contributed by atoms with Crippen molar-refractivity contribution < 1.29 is 19.7 Å². The van der Waals surface area contributed by atoms with Gasteiger partial charge in [-0.2, -0.15) is 0 Å². The summed E-state index contributed by atoms with van der Waals surface area (Å²) in [5.74, 6) is -0.832. The largest absolute Gasteiger partial charge is 0.481 e. The Hall–Kier alpha value is -0.610. The Morgan fingerprint density at radius 2 is 2.29 bits per heavy atom. The molecule has 4 nitrogen and oxygen atoms in total. The lowest BCUT2D eigenvalue weighted by molar-refractivity contribution is -0.148. The lowest BCUT2D eigenvalue weighted by Crippen LogP contribution is -2.37. The van der Waals surface area contributed by atoms with E-state index in [9.17, 15) is 9.90 Å². The molecule has 0 bridgehead atoms. The number of carboxylic acid groups (broad SMARTS) is 1. The van der Waals surface area contributed by atoms with E-state index in [4.69, 9.17) is 9.84 Å². The van der Waals surface area contributed by atoms with Crippen molar-refractivity contribution in [2.45, 2.75) is 57.3 Å². The van der Waals surface area contributed by atoms with E-state index in [1.807, 2.05) is 6.92 Å². The number of aliphatic hydroxyl groups is 1. The zero-order valence-corrected chi connectivity index (χ0v) is 8.48. The highest BCUT2D eigenvalue weighted by Crippen LogP contribution is 2.24. The molecule has 4 heteroatoms. The monoisotopic (exact) mass is 202 g/mol. The number of hydrogen-bond acceptors (Lipinski definition) is 3. The summed E-state index contributed by atoms with van der Waals surface area (Å²) in [6.07, 6.45) is 2.44. The number of carboxylic acids is 1. The van der Waals surface area contributed by atoms with Gasteiger partial charge in [-0.05, 0) is 25.7 Å². The van der Waals surface area contributed by atoms with Crippen LogP contribution in [0.15, 0.2) is 0 Å². The molecule has 1 fully saturated rings. The second-order valence-electron chi connectivity index (χ2n) is 3.80. The third-order valence-corrected chi connectivity index (χ3v) is 2.63. The molecule has 1 saturated heterocycles. The second-order valence-corrected chi connectivity index (χ2v) is 3.80. The molecule has 1 rings (SSSR count). The maximum Gasteiger partial charge on any atom is 0.305 e. The van der Waals surface area contributed by atoms with Crippen molar-refractivity contribution in [3.05, 3.63) is 0 Å². The first kappa shape index (κ1) is 11.5. The van der Waals surface area contributed by atoms with Gasteiger partial charge in [-0.1, -0.05) is 6.92 Å². The third-order valence-electron chi connectivity index (χ3n) is 2.63. The Labute approximate surface area is 83.9 Å². The molecule has 3 atom stereocenters. The van der Waals surface area contributed by atoms with Crippen LogP contribution in [0.5, 0.6) is 0 Å². The van der Waals surface area contributed by atoms with Crippen LogP contribution in [0.25, 0.3) is 0 Å². The molecular weight excluding hydrogens is 184 g/mol. The summed E-state index contributed by atoms with van der Waals surface area (Å²) in [6, 6.07) is 0. The highest BCUT2D eigenvalue weighted by molar-refractivity contribution is 5.67. The SMILES string of the molecule is CCC(O)C1CCCC(CC(=O)O)O1. The molecule has 0 spiro atoms. The van der Waals surface area contributed by atoms with Gasteiger partial charge >= 0.3 is 5.97 Å². The average Bonchev–Trinajstić information content (AvgIpc) is 2.16. The number of rotatable bonds is 4. The molecule has 1 aliphatic rings. The minimum atomic E-state index is -0.832. The molecule has 3 unspecified atom stereocenters. The van der Waals surface area contributed by atoms with Gasteiger partial charge in [0.1, 0.15) is 0 Å². The van der Waals surface area contributed by atoms with Crippen molar-refractivity contribution >= 4 is 5.97 Å². The van der Waals surface area contributed by atoms with Crippen molar-refractivity contribution in [1.82, 2.24) is 0 Å². The van der Waals surface area contributed by atoms with Crippen LogP contribution in [-0.2, 0) is 9.53 Å². The second kappa shape index (κ2) is 5.32. The van der Waals surface area contributed by atoms with E-state index < -0.39 is 12.1 Å². The van der Waals surface area contributed by atoms with Crippen molar-refractivity contribution in [3.63, 3.8) is 0 Å². The summed E-state index contributed by atoms with van der Waals surface area (Å²) in [5.41, 5.74) is 0. The lowest BCUT2D eigenvalue weighted by Gasteiger charge is -2.31. The summed E-state index contributed by atoms with van der Waals surface area (Å²) in [4.78, 5) is 10.5. The molecule has 82 valence electrons. The van der Waals surface area contributed by atoms with Gasteiger partial charge in [-0.15, -0.1) is 0 Å². The van der Waals surface area contributed by atoms with E-state index in [0.717, 1.165) is 19.3 Å². The van der Waals surface area contributed by atoms with Gasteiger partial charge < -0.3 is 14.9 Å². The molecule has 0 aromatic carbocycles. The Balaban J connectivity index is 2.39. The smallest absolute Gasteiger partial charge is 0.305 e. The number of carbonyl (C=O) groups is 1.